The zero-order chi connectivity index (χ0) is 12.6. The molecule has 0 spiro atoms. The average molecular weight is 238 g/mol. The minimum absolute atomic E-state index is 0.00314. The quantitative estimate of drug-likeness (QED) is 0.798. The molecule has 1 saturated heterocycles. The standard InChI is InChI=1S/C13H22N2O2/c1-8(2)12-13(17)15(5-4-11(16)14-12)7-10-6-9(10)3/h8-10,12H,4-7H2,1-3H3,(H,14,16). The molecule has 4 nitrogen and oxygen atoms in total. The molecule has 17 heavy (non-hydrogen) atoms. The molecule has 3 atom stereocenters. The second-order valence-electron chi connectivity index (χ2n) is 5.80. The Morgan fingerprint density at radius 2 is 2.06 bits per heavy atom. The molecule has 1 saturated carbocycles. The number of nitrogens with zero attached hydrogens (tertiary/aromatic N) is 1. The fourth-order valence-corrected chi connectivity index (χ4v) is 2.42. The molecule has 1 aliphatic carbocycles. The molecule has 96 valence electrons. The van der Waals surface area contributed by atoms with E-state index in [4.69, 9.17) is 0 Å². The van der Waals surface area contributed by atoms with Gasteiger partial charge >= 0.3 is 0 Å². The lowest BCUT2D eigenvalue weighted by atomic mass is 10.0. The van der Waals surface area contributed by atoms with Crippen LogP contribution in [0.2, 0.25) is 0 Å². The lowest BCUT2D eigenvalue weighted by molar-refractivity contribution is -0.134. The van der Waals surface area contributed by atoms with Crippen molar-refractivity contribution in [2.24, 2.45) is 17.8 Å². The monoisotopic (exact) mass is 238 g/mol. The smallest absolute Gasteiger partial charge is 0.245 e. The minimum Gasteiger partial charge on any atom is -0.344 e. The van der Waals surface area contributed by atoms with Gasteiger partial charge in [-0.3, -0.25) is 9.59 Å². The first-order chi connectivity index (χ1) is 7.99. The molecule has 0 aromatic carbocycles. The lowest BCUT2D eigenvalue weighted by Gasteiger charge is -2.26. The van der Waals surface area contributed by atoms with E-state index in [1.165, 1.54) is 6.42 Å². The van der Waals surface area contributed by atoms with Crippen LogP contribution in [0.4, 0.5) is 0 Å². The van der Waals surface area contributed by atoms with E-state index in [1.807, 2.05) is 18.7 Å². The van der Waals surface area contributed by atoms with Gasteiger partial charge in [-0.25, -0.2) is 0 Å². The van der Waals surface area contributed by atoms with Gasteiger partial charge in [0.05, 0.1) is 0 Å². The average Bonchev–Trinajstić information content (AvgIpc) is 2.96. The topological polar surface area (TPSA) is 49.4 Å². The Balaban J connectivity index is 2.04. The second-order valence-corrected chi connectivity index (χ2v) is 5.80. The molecule has 0 aromatic heterocycles. The van der Waals surface area contributed by atoms with Crippen LogP contribution >= 0.6 is 0 Å². The summed E-state index contributed by atoms with van der Waals surface area (Å²) in [7, 11) is 0. The SMILES string of the molecule is CC(C)C1NC(=O)CCN(CC2CC2C)C1=O. The molecule has 2 fully saturated rings. The highest BCUT2D eigenvalue weighted by atomic mass is 16.2. The Kier molecular flexibility index (Phi) is 3.40. The summed E-state index contributed by atoms with van der Waals surface area (Å²) in [5.74, 6) is 1.66. The van der Waals surface area contributed by atoms with Gasteiger partial charge in [-0.1, -0.05) is 20.8 Å². The van der Waals surface area contributed by atoms with Crippen molar-refractivity contribution in [2.45, 2.75) is 39.7 Å². The maximum absolute atomic E-state index is 12.3. The van der Waals surface area contributed by atoms with Crippen LogP contribution < -0.4 is 5.32 Å². The predicted molar refractivity (Wildman–Crippen MR) is 65.2 cm³/mol. The highest BCUT2D eigenvalue weighted by Gasteiger charge is 2.38. The third kappa shape index (κ3) is 2.79. The summed E-state index contributed by atoms with van der Waals surface area (Å²) in [6, 6.07) is -0.334. The Morgan fingerprint density at radius 3 is 2.59 bits per heavy atom. The number of nitrogens with one attached hydrogen (secondary N) is 1. The first-order valence-electron chi connectivity index (χ1n) is 6.57. The summed E-state index contributed by atoms with van der Waals surface area (Å²) >= 11 is 0. The van der Waals surface area contributed by atoms with Gasteiger partial charge in [0.15, 0.2) is 0 Å². The molecular formula is C13H22N2O2. The summed E-state index contributed by atoms with van der Waals surface area (Å²) in [4.78, 5) is 25.8. The molecule has 3 unspecified atom stereocenters. The third-order valence-electron chi connectivity index (χ3n) is 3.90. The molecule has 1 N–H and O–H groups in total. The zero-order valence-electron chi connectivity index (χ0n) is 10.9. The Morgan fingerprint density at radius 1 is 1.41 bits per heavy atom. The van der Waals surface area contributed by atoms with Gasteiger partial charge in [0.25, 0.3) is 0 Å². The van der Waals surface area contributed by atoms with Gasteiger partial charge in [0, 0.05) is 19.5 Å². The van der Waals surface area contributed by atoms with Crippen molar-refractivity contribution in [3.05, 3.63) is 0 Å². The van der Waals surface area contributed by atoms with Gasteiger partial charge in [0.1, 0.15) is 6.04 Å². The Bertz CT molecular complexity index is 327. The van der Waals surface area contributed by atoms with Gasteiger partial charge in [-0.05, 0) is 24.2 Å². The third-order valence-corrected chi connectivity index (χ3v) is 3.90. The highest BCUT2D eigenvalue weighted by molar-refractivity contribution is 5.90. The fourth-order valence-electron chi connectivity index (χ4n) is 2.42. The molecule has 0 bridgehead atoms. The van der Waals surface area contributed by atoms with Gasteiger partial charge in [-0.2, -0.15) is 0 Å². The highest BCUT2D eigenvalue weighted by Crippen LogP contribution is 2.38. The van der Waals surface area contributed by atoms with Crippen molar-refractivity contribution < 1.29 is 9.59 Å². The van der Waals surface area contributed by atoms with E-state index < -0.39 is 0 Å². The lowest BCUT2D eigenvalue weighted by Crippen LogP contribution is -2.48. The summed E-state index contributed by atoms with van der Waals surface area (Å²) in [5.41, 5.74) is 0. The van der Waals surface area contributed by atoms with E-state index >= 15 is 0 Å². The van der Waals surface area contributed by atoms with Crippen LogP contribution in [-0.2, 0) is 9.59 Å². The Hall–Kier alpha value is -1.06. The number of hydrogen-bond acceptors (Lipinski definition) is 2. The largest absolute Gasteiger partial charge is 0.344 e. The number of amides is 2. The van der Waals surface area contributed by atoms with Crippen LogP contribution in [0.25, 0.3) is 0 Å². The van der Waals surface area contributed by atoms with Gasteiger partial charge in [-0.15, -0.1) is 0 Å². The van der Waals surface area contributed by atoms with Crippen LogP contribution in [0.15, 0.2) is 0 Å². The molecular weight excluding hydrogens is 216 g/mol. The molecule has 0 aromatic rings. The van der Waals surface area contributed by atoms with Crippen molar-refractivity contribution in [1.29, 1.82) is 0 Å². The van der Waals surface area contributed by atoms with Crippen LogP contribution in [0.1, 0.15) is 33.6 Å². The summed E-state index contributed by atoms with van der Waals surface area (Å²) < 4.78 is 0. The van der Waals surface area contributed by atoms with E-state index in [-0.39, 0.29) is 23.8 Å². The van der Waals surface area contributed by atoms with E-state index in [1.54, 1.807) is 0 Å². The van der Waals surface area contributed by atoms with Crippen LogP contribution in [0.5, 0.6) is 0 Å². The summed E-state index contributed by atoms with van der Waals surface area (Å²) in [6.07, 6.45) is 1.66. The first kappa shape index (κ1) is 12.4. The van der Waals surface area contributed by atoms with Gasteiger partial charge in [0.2, 0.25) is 11.8 Å². The van der Waals surface area contributed by atoms with Crippen LogP contribution in [-0.4, -0.2) is 35.8 Å². The summed E-state index contributed by atoms with van der Waals surface area (Å²) in [6.45, 7) is 7.59. The van der Waals surface area contributed by atoms with E-state index in [0.29, 0.717) is 18.9 Å². The zero-order valence-corrected chi connectivity index (χ0v) is 10.9. The first-order valence-corrected chi connectivity index (χ1v) is 6.57. The molecule has 2 amide bonds. The molecule has 1 aliphatic heterocycles. The van der Waals surface area contributed by atoms with Crippen LogP contribution in [0.3, 0.4) is 0 Å². The van der Waals surface area contributed by atoms with Crippen molar-refractivity contribution in [3.63, 3.8) is 0 Å². The van der Waals surface area contributed by atoms with Crippen molar-refractivity contribution in [2.75, 3.05) is 13.1 Å². The fraction of sp³-hybridized carbons (Fsp3) is 0.846. The molecule has 0 radical (unpaired) electrons. The second kappa shape index (κ2) is 4.67. The maximum atomic E-state index is 12.3. The van der Waals surface area contributed by atoms with E-state index in [0.717, 1.165) is 12.5 Å². The number of rotatable bonds is 3. The van der Waals surface area contributed by atoms with Crippen molar-refractivity contribution in [1.82, 2.24) is 10.2 Å². The van der Waals surface area contributed by atoms with E-state index in [9.17, 15) is 9.59 Å². The van der Waals surface area contributed by atoms with Crippen LogP contribution in [0, 0.1) is 17.8 Å². The van der Waals surface area contributed by atoms with Gasteiger partial charge < -0.3 is 10.2 Å². The molecule has 2 rings (SSSR count). The predicted octanol–water partition coefficient (Wildman–Crippen LogP) is 1.02. The molecule has 2 aliphatic rings. The Labute approximate surface area is 103 Å². The normalized spacial score (nSPS) is 33.6. The molecule has 1 heterocycles. The number of hydrogen-bond donors (Lipinski definition) is 1. The minimum atomic E-state index is -0.334. The number of carbonyl (C=O) groups is 2. The summed E-state index contributed by atoms with van der Waals surface area (Å²) in [5, 5.41) is 2.83. The van der Waals surface area contributed by atoms with E-state index in [2.05, 4.69) is 12.2 Å². The molecule has 4 heteroatoms. The number of carbonyl (C=O) groups excluding carboxylic acids is 2. The maximum Gasteiger partial charge on any atom is 0.245 e. The van der Waals surface area contributed by atoms with Crippen molar-refractivity contribution >= 4 is 11.8 Å². The van der Waals surface area contributed by atoms with Crippen molar-refractivity contribution in [3.8, 4) is 0 Å².